The first-order chi connectivity index (χ1) is 24.3. The Balaban J connectivity index is 1.68. The average molecular weight is 737 g/mol. The molecule has 3 atom stereocenters. The molecule has 0 saturated heterocycles. The average Bonchev–Trinajstić information content (AvgIpc) is 3.21. The van der Waals surface area contributed by atoms with Crippen LogP contribution in [0.2, 0.25) is 0 Å². The van der Waals surface area contributed by atoms with Gasteiger partial charge in [-0.1, -0.05) is 114 Å². The predicted molar refractivity (Wildman–Crippen MR) is 202 cm³/mol. The summed E-state index contributed by atoms with van der Waals surface area (Å²) >= 11 is 1.41. The van der Waals surface area contributed by atoms with Gasteiger partial charge in [0.25, 0.3) is 5.91 Å². The number of carbonyl (C=O) groups is 3. The molecule has 1 aliphatic heterocycles. The SMILES string of the molecule is CCCCC1(CCCC)CC(c2ccccc2)c2cc(SC)c(OCC(=O)N[C@@H](C(=O)N[C@H](C(=O)O)C(C)C)c3ccccc3)cc2S(=O)(=O)C1. The Morgan fingerprint density at radius 1 is 0.941 bits per heavy atom. The van der Waals surface area contributed by atoms with Gasteiger partial charge in [0.05, 0.1) is 10.6 Å². The Bertz CT molecular complexity index is 1740. The fourth-order valence-electron chi connectivity index (χ4n) is 7.06. The first-order valence-electron chi connectivity index (χ1n) is 17.8. The molecule has 0 spiro atoms. The summed E-state index contributed by atoms with van der Waals surface area (Å²) in [6.07, 6.45) is 8.14. The first-order valence-corrected chi connectivity index (χ1v) is 20.7. The smallest absolute Gasteiger partial charge is 0.326 e. The van der Waals surface area contributed by atoms with Crippen LogP contribution in [0.4, 0.5) is 0 Å². The van der Waals surface area contributed by atoms with E-state index in [-0.39, 0.29) is 33.6 Å². The van der Waals surface area contributed by atoms with Crippen LogP contribution in [0.15, 0.2) is 82.6 Å². The number of unbranched alkanes of at least 4 members (excludes halogenated alkanes) is 2. The molecule has 0 fully saturated rings. The van der Waals surface area contributed by atoms with Crippen LogP contribution in [-0.4, -0.2) is 56.0 Å². The quantitative estimate of drug-likeness (QED) is 0.121. The monoisotopic (exact) mass is 736 g/mol. The zero-order valence-electron chi connectivity index (χ0n) is 30.3. The lowest BCUT2D eigenvalue weighted by Crippen LogP contribution is -2.49. The molecule has 0 aliphatic carbocycles. The summed E-state index contributed by atoms with van der Waals surface area (Å²) in [7, 11) is -3.76. The number of fused-ring (bicyclic) bond motifs is 1. The summed E-state index contributed by atoms with van der Waals surface area (Å²) in [4.78, 5) is 39.5. The molecule has 0 saturated carbocycles. The molecule has 11 heteroatoms. The van der Waals surface area contributed by atoms with Crippen LogP contribution in [0.1, 0.15) is 101 Å². The normalized spacial score (nSPS) is 17.4. The summed E-state index contributed by atoms with van der Waals surface area (Å²) in [5.41, 5.74) is 1.91. The van der Waals surface area contributed by atoms with Crippen molar-refractivity contribution in [2.75, 3.05) is 18.6 Å². The molecule has 0 bridgehead atoms. The molecule has 1 heterocycles. The zero-order valence-corrected chi connectivity index (χ0v) is 31.9. The number of sulfone groups is 1. The molecule has 1 unspecified atom stereocenters. The predicted octanol–water partition coefficient (Wildman–Crippen LogP) is 7.55. The molecule has 3 aromatic rings. The van der Waals surface area contributed by atoms with E-state index in [4.69, 9.17) is 4.74 Å². The van der Waals surface area contributed by atoms with E-state index in [0.29, 0.717) is 10.5 Å². The Morgan fingerprint density at radius 2 is 1.55 bits per heavy atom. The first kappa shape index (κ1) is 39.9. The Hall–Kier alpha value is -3.83. The van der Waals surface area contributed by atoms with Crippen LogP contribution in [0, 0.1) is 11.3 Å². The Kier molecular flexibility index (Phi) is 14.2. The van der Waals surface area contributed by atoms with Gasteiger partial charge < -0.3 is 20.5 Å². The number of rotatable bonds is 17. The van der Waals surface area contributed by atoms with E-state index in [0.717, 1.165) is 56.1 Å². The second-order valence-electron chi connectivity index (χ2n) is 13.9. The van der Waals surface area contributed by atoms with Crippen LogP contribution in [-0.2, 0) is 24.2 Å². The van der Waals surface area contributed by atoms with Gasteiger partial charge in [-0.15, -0.1) is 11.8 Å². The molecule has 3 N–H and O–H groups in total. The molecule has 0 radical (unpaired) electrons. The molecule has 1 aliphatic rings. The van der Waals surface area contributed by atoms with Crippen molar-refractivity contribution in [1.82, 2.24) is 10.6 Å². The Labute approximate surface area is 307 Å². The maximum Gasteiger partial charge on any atom is 0.326 e. The van der Waals surface area contributed by atoms with Crippen molar-refractivity contribution in [2.45, 2.75) is 100 Å². The van der Waals surface area contributed by atoms with Gasteiger partial charge in [0, 0.05) is 16.9 Å². The van der Waals surface area contributed by atoms with Gasteiger partial charge in [0.1, 0.15) is 17.8 Å². The Morgan fingerprint density at radius 3 is 2.10 bits per heavy atom. The second kappa shape index (κ2) is 18.1. The summed E-state index contributed by atoms with van der Waals surface area (Å²) in [6.45, 7) is 7.16. The van der Waals surface area contributed by atoms with Crippen molar-refractivity contribution in [1.29, 1.82) is 0 Å². The van der Waals surface area contributed by atoms with E-state index in [9.17, 15) is 27.9 Å². The lowest BCUT2D eigenvalue weighted by molar-refractivity contribution is -0.143. The highest BCUT2D eigenvalue weighted by Gasteiger charge is 2.43. The number of carbonyl (C=O) groups excluding carboxylic acids is 2. The van der Waals surface area contributed by atoms with Crippen molar-refractivity contribution in [3.63, 3.8) is 0 Å². The molecule has 3 aromatic carbocycles. The largest absolute Gasteiger partial charge is 0.483 e. The third kappa shape index (κ3) is 10.2. The van der Waals surface area contributed by atoms with E-state index in [1.807, 2.05) is 30.5 Å². The molecule has 276 valence electrons. The van der Waals surface area contributed by atoms with Gasteiger partial charge in [-0.05, 0) is 59.6 Å². The lowest BCUT2D eigenvalue weighted by atomic mass is 9.70. The minimum absolute atomic E-state index is 0.0520. The summed E-state index contributed by atoms with van der Waals surface area (Å²) in [5.74, 6) is -2.67. The van der Waals surface area contributed by atoms with Gasteiger partial charge in [-0.2, -0.15) is 0 Å². The standard InChI is InChI=1S/C40H52N2O7S2/c1-6-8-20-40(21-9-7-2)24-31(28-16-12-10-13-17-28)30-22-33(50-5)32(23-34(30)51(47,48)26-40)49-25-35(43)41-37(29-18-14-11-15-19-29)38(44)42-36(27(3)4)39(45)46/h10-19,22-23,27,31,36-37H,6-9,20-21,24-26H2,1-5H3,(H,41,43)(H,42,44)(H,45,46)/t31?,36-,37+/m0/s1. The van der Waals surface area contributed by atoms with E-state index in [1.54, 1.807) is 50.2 Å². The number of ether oxygens (including phenoxy) is 1. The number of carboxylic acids is 1. The van der Waals surface area contributed by atoms with Gasteiger partial charge in [0.2, 0.25) is 5.91 Å². The maximum atomic E-state index is 14.4. The number of hydrogen-bond acceptors (Lipinski definition) is 7. The third-order valence-corrected chi connectivity index (χ3v) is 12.5. The fourth-order valence-corrected chi connectivity index (χ4v) is 9.83. The highest BCUT2D eigenvalue weighted by molar-refractivity contribution is 7.98. The molecule has 51 heavy (non-hydrogen) atoms. The zero-order chi connectivity index (χ0) is 37.2. The van der Waals surface area contributed by atoms with E-state index in [1.165, 1.54) is 11.8 Å². The van der Waals surface area contributed by atoms with Crippen LogP contribution >= 0.6 is 11.8 Å². The van der Waals surface area contributed by atoms with Gasteiger partial charge >= 0.3 is 5.97 Å². The van der Waals surface area contributed by atoms with E-state index in [2.05, 4.69) is 36.6 Å². The van der Waals surface area contributed by atoms with Crippen LogP contribution < -0.4 is 15.4 Å². The topological polar surface area (TPSA) is 139 Å². The molecule has 2 amide bonds. The molecular formula is C40H52N2O7S2. The van der Waals surface area contributed by atoms with Crippen LogP contribution in [0.25, 0.3) is 0 Å². The van der Waals surface area contributed by atoms with Crippen molar-refractivity contribution < 1.29 is 32.6 Å². The van der Waals surface area contributed by atoms with Gasteiger partial charge in [-0.25, -0.2) is 13.2 Å². The van der Waals surface area contributed by atoms with Crippen LogP contribution in [0.5, 0.6) is 5.75 Å². The van der Waals surface area contributed by atoms with Crippen LogP contribution in [0.3, 0.4) is 0 Å². The number of amides is 2. The van der Waals surface area contributed by atoms with Crippen molar-refractivity contribution in [3.8, 4) is 5.75 Å². The van der Waals surface area contributed by atoms with Gasteiger partial charge in [-0.3, -0.25) is 9.59 Å². The summed E-state index contributed by atoms with van der Waals surface area (Å²) in [6, 6.07) is 19.8. The molecular weight excluding hydrogens is 685 g/mol. The van der Waals surface area contributed by atoms with Crippen molar-refractivity contribution >= 4 is 39.4 Å². The van der Waals surface area contributed by atoms with Gasteiger partial charge in [0.15, 0.2) is 16.4 Å². The van der Waals surface area contributed by atoms with E-state index < -0.39 is 46.3 Å². The summed E-state index contributed by atoms with van der Waals surface area (Å²) < 4.78 is 34.9. The van der Waals surface area contributed by atoms with Crippen molar-refractivity contribution in [3.05, 3.63) is 89.5 Å². The minimum atomic E-state index is -3.76. The number of carboxylic acid groups (broad SMARTS) is 1. The van der Waals surface area contributed by atoms with E-state index >= 15 is 0 Å². The molecule has 0 aromatic heterocycles. The highest BCUT2D eigenvalue weighted by atomic mass is 32.2. The summed E-state index contributed by atoms with van der Waals surface area (Å²) in [5, 5.41) is 14.9. The third-order valence-electron chi connectivity index (χ3n) is 9.75. The molecule has 4 rings (SSSR count). The minimum Gasteiger partial charge on any atom is -0.483 e. The number of thioether (sulfide) groups is 1. The second-order valence-corrected chi connectivity index (χ2v) is 16.7. The number of aliphatic carboxylic acids is 1. The number of hydrogen-bond donors (Lipinski definition) is 3. The lowest BCUT2D eigenvalue weighted by Gasteiger charge is -2.35. The fraction of sp³-hybridized carbons (Fsp3) is 0.475. The number of benzene rings is 3. The van der Waals surface area contributed by atoms with Crippen molar-refractivity contribution in [2.24, 2.45) is 11.3 Å². The molecule has 9 nitrogen and oxygen atoms in total. The highest BCUT2D eigenvalue weighted by Crippen LogP contribution is 2.51. The number of nitrogens with one attached hydrogen (secondary N) is 2. The maximum absolute atomic E-state index is 14.4.